The molecule has 0 saturated carbocycles. The molecule has 0 aliphatic rings. The third-order valence-electron chi connectivity index (χ3n) is 2.71. The van der Waals surface area contributed by atoms with Crippen molar-refractivity contribution >= 4 is 10.0 Å². The Morgan fingerprint density at radius 3 is 2.28 bits per heavy atom. The summed E-state index contributed by atoms with van der Waals surface area (Å²) in [5, 5.41) is 0. The van der Waals surface area contributed by atoms with E-state index in [0.717, 1.165) is 5.56 Å². The zero-order valence-corrected chi connectivity index (χ0v) is 11.8. The van der Waals surface area contributed by atoms with Crippen LogP contribution in [0.4, 0.5) is 0 Å². The number of benzene rings is 1. The minimum atomic E-state index is -3.50. The first-order chi connectivity index (χ1) is 8.30. The van der Waals surface area contributed by atoms with Crippen molar-refractivity contribution in [2.45, 2.75) is 30.9 Å². The first-order valence-electron chi connectivity index (χ1n) is 5.64. The molecule has 6 heteroatoms. The van der Waals surface area contributed by atoms with Crippen molar-refractivity contribution in [2.24, 2.45) is 5.73 Å². The molecule has 0 radical (unpaired) electrons. The first kappa shape index (κ1) is 15.1. The van der Waals surface area contributed by atoms with Crippen molar-refractivity contribution in [1.29, 1.82) is 0 Å². The monoisotopic (exact) mass is 272 g/mol. The van der Waals surface area contributed by atoms with Crippen LogP contribution in [0.15, 0.2) is 29.2 Å². The van der Waals surface area contributed by atoms with Gasteiger partial charge in [-0.1, -0.05) is 12.1 Å². The molecule has 1 aromatic carbocycles. The van der Waals surface area contributed by atoms with E-state index in [9.17, 15) is 8.42 Å². The fourth-order valence-electron chi connectivity index (χ4n) is 1.23. The van der Waals surface area contributed by atoms with Crippen molar-refractivity contribution in [3.05, 3.63) is 29.8 Å². The summed E-state index contributed by atoms with van der Waals surface area (Å²) in [6.45, 7) is 4.23. The molecule has 0 aliphatic heterocycles. The molecule has 0 aliphatic carbocycles. The van der Waals surface area contributed by atoms with Gasteiger partial charge in [-0.25, -0.2) is 13.1 Å². The third kappa shape index (κ3) is 4.06. The fraction of sp³-hybridized carbons (Fsp3) is 0.500. The van der Waals surface area contributed by atoms with Crippen LogP contribution < -0.4 is 10.5 Å². The van der Waals surface area contributed by atoms with E-state index < -0.39 is 15.6 Å². The molecular weight excluding hydrogens is 252 g/mol. The summed E-state index contributed by atoms with van der Waals surface area (Å²) in [6.07, 6.45) is 0. The van der Waals surface area contributed by atoms with Crippen LogP contribution in [-0.4, -0.2) is 27.7 Å². The quantitative estimate of drug-likeness (QED) is 0.804. The molecule has 18 heavy (non-hydrogen) atoms. The lowest BCUT2D eigenvalue weighted by Crippen LogP contribution is -2.39. The van der Waals surface area contributed by atoms with Gasteiger partial charge in [0.1, 0.15) is 0 Å². The maximum Gasteiger partial charge on any atom is 0.240 e. The normalized spacial score (nSPS) is 12.7. The standard InChI is InChI=1S/C12H20N2O3S/c1-12(2,17-3)9-14-18(15,16)11-6-4-10(8-13)5-7-11/h4-7,14H,8-9,13H2,1-3H3. The number of rotatable bonds is 6. The van der Waals surface area contributed by atoms with Crippen LogP contribution in [0.3, 0.4) is 0 Å². The van der Waals surface area contributed by atoms with Gasteiger partial charge in [0.2, 0.25) is 10.0 Å². The van der Waals surface area contributed by atoms with Gasteiger partial charge >= 0.3 is 0 Å². The molecular formula is C12H20N2O3S. The van der Waals surface area contributed by atoms with E-state index in [-0.39, 0.29) is 11.4 Å². The molecule has 0 aromatic heterocycles. The molecule has 0 amide bonds. The number of hydrogen-bond donors (Lipinski definition) is 2. The lowest BCUT2D eigenvalue weighted by molar-refractivity contribution is 0.0276. The number of methoxy groups -OCH3 is 1. The molecule has 3 N–H and O–H groups in total. The smallest absolute Gasteiger partial charge is 0.240 e. The average Bonchev–Trinajstić information content (AvgIpc) is 2.37. The van der Waals surface area contributed by atoms with Gasteiger partial charge < -0.3 is 10.5 Å². The van der Waals surface area contributed by atoms with Crippen LogP contribution in [-0.2, 0) is 21.3 Å². The molecule has 5 nitrogen and oxygen atoms in total. The number of nitrogens with one attached hydrogen (secondary N) is 1. The Balaban J connectivity index is 2.80. The van der Waals surface area contributed by atoms with Gasteiger partial charge in [-0.15, -0.1) is 0 Å². The topological polar surface area (TPSA) is 81.4 Å². The van der Waals surface area contributed by atoms with Gasteiger partial charge in [0, 0.05) is 20.2 Å². The summed E-state index contributed by atoms with van der Waals surface area (Å²) in [6, 6.07) is 6.50. The van der Waals surface area contributed by atoms with E-state index in [2.05, 4.69) is 4.72 Å². The van der Waals surface area contributed by atoms with E-state index in [1.807, 2.05) is 13.8 Å². The molecule has 0 heterocycles. The second-order valence-corrected chi connectivity index (χ2v) is 6.40. The maximum absolute atomic E-state index is 12.0. The summed E-state index contributed by atoms with van der Waals surface area (Å²) in [4.78, 5) is 0.228. The number of sulfonamides is 1. The number of ether oxygens (including phenoxy) is 1. The molecule has 0 spiro atoms. The summed E-state index contributed by atoms with van der Waals surface area (Å²) in [7, 11) is -1.95. The highest BCUT2D eigenvalue weighted by atomic mass is 32.2. The molecule has 102 valence electrons. The summed E-state index contributed by atoms with van der Waals surface area (Å²) in [5.41, 5.74) is 5.82. The second-order valence-electron chi connectivity index (χ2n) is 4.64. The summed E-state index contributed by atoms with van der Waals surface area (Å²) >= 11 is 0. The highest BCUT2D eigenvalue weighted by molar-refractivity contribution is 7.89. The minimum absolute atomic E-state index is 0.213. The molecule has 1 aromatic rings. The fourth-order valence-corrected chi connectivity index (χ4v) is 2.43. The number of nitrogens with two attached hydrogens (primary N) is 1. The Morgan fingerprint density at radius 2 is 1.83 bits per heavy atom. The molecule has 1 rings (SSSR count). The van der Waals surface area contributed by atoms with E-state index in [0.29, 0.717) is 6.54 Å². The maximum atomic E-state index is 12.0. The Morgan fingerprint density at radius 1 is 1.28 bits per heavy atom. The van der Waals surface area contributed by atoms with Crippen molar-refractivity contribution in [3.63, 3.8) is 0 Å². The summed E-state index contributed by atoms with van der Waals surface area (Å²) in [5.74, 6) is 0. The average molecular weight is 272 g/mol. The van der Waals surface area contributed by atoms with E-state index >= 15 is 0 Å². The largest absolute Gasteiger partial charge is 0.377 e. The Labute approximate surface area is 108 Å². The lowest BCUT2D eigenvalue weighted by atomic mass is 10.1. The van der Waals surface area contributed by atoms with E-state index in [1.165, 1.54) is 0 Å². The third-order valence-corrected chi connectivity index (χ3v) is 4.13. The van der Waals surface area contributed by atoms with Gasteiger partial charge in [-0.05, 0) is 31.5 Å². The SMILES string of the molecule is COC(C)(C)CNS(=O)(=O)c1ccc(CN)cc1. The van der Waals surface area contributed by atoms with E-state index in [4.69, 9.17) is 10.5 Å². The van der Waals surface area contributed by atoms with Gasteiger partial charge in [-0.2, -0.15) is 0 Å². The Hall–Kier alpha value is -0.950. The van der Waals surface area contributed by atoms with Crippen LogP contribution in [0.25, 0.3) is 0 Å². The molecule has 0 bridgehead atoms. The van der Waals surface area contributed by atoms with Crippen LogP contribution in [0, 0.1) is 0 Å². The zero-order valence-electron chi connectivity index (χ0n) is 10.9. The lowest BCUT2D eigenvalue weighted by Gasteiger charge is -2.23. The van der Waals surface area contributed by atoms with Crippen LogP contribution in [0.1, 0.15) is 19.4 Å². The molecule has 0 unspecified atom stereocenters. The van der Waals surface area contributed by atoms with Crippen molar-refractivity contribution < 1.29 is 13.2 Å². The van der Waals surface area contributed by atoms with Crippen molar-refractivity contribution in [2.75, 3.05) is 13.7 Å². The predicted octanol–water partition coefficient (Wildman–Crippen LogP) is 0.849. The van der Waals surface area contributed by atoms with Gasteiger partial charge in [0.05, 0.1) is 10.5 Å². The van der Waals surface area contributed by atoms with Crippen LogP contribution in [0.5, 0.6) is 0 Å². The van der Waals surface area contributed by atoms with Crippen molar-refractivity contribution in [1.82, 2.24) is 4.72 Å². The minimum Gasteiger partial charge on any atom is -0.377 e. The zero-order chi connectivity index (χ0) is 13.8. The molecule has 0 saturated heterocycles. The van der Waals surface area contributed by atoms with Gasteiger partial charge in [-0.3, -0.25) is 0 Å². The molecule has 0 fully saturated rings. The highest BCUT2D eigenvalue weighted by Gasteiger charge is 2.21. The number of hydrogen-bond acceptors (Lipinski definition) is 4. The van der Waals surface area contributed by atoms with Crippen LogP contribution in [0.2, 0.25) is 0 Å². The van der Waals surface area contributed by atoms with Gasteiger partial charge in [0.15, 0.2) is 0 Å². The first-order valence-corrected chi connectivity index (χ1v) is 7.13. The van der Waals surface area contributed by atoms with Crippen molar-refractivity contribution in [3.8, 4) is 0 Å². The Bertz CT molecular complexity index is 481. The second kappa shape index (κ2) is 5.79. The van der Waals surface area contributed by atoms with Crippen LogP contribution >= 0.6 is 0 Å². The summed E-state index contributed by atoms with van der Waals surface area (Å²) < 4.78 is 31.7. The highest BCUT2D eigenvalue weighted by Crippen LogP contribution is 2.12. The Kier molecular flexibility index (Phi) is 4.86. The predicted molar refractivity (Wildman–Crippen MR) is 70.6 cm³/mol. The van der Waals surface area contributed by atoms with E-state index in [1.54, 1.807) is 31.4 Å². The van der Waals surface area contributed by atoms with Gasteiger partial charge in [0.25, 0.3) is 0 Å². The molecule has 0 atom stereocenters.